The quantitative estimate of drug-likeness (QED) is 0.832. The van der Waals surface area contributed by atoms with Crippen LogP contribution in [0, 0.1) is 13.8 Å². The Hall–Kier alpha value is -0.780. The van der Waals surface area contributed by atoms with Crippen LogP contribution in [0.2, 0.25) is 0 Å². The van der Waals surface area contributed by atoms with Gasteiger partial charge in [-0.15, -0.1) is 22.7 Å². The number of rotatable bonds is 5. The van der Waals surface area contributed by atoms with E-state index < -0.39 is 0 Å². The van der Waals surface area contributed by atoms with E-state index in [1.54, 1.807) is 22.7 Å². The second kappa shape index (κ2) is 5.52. The van der Waals surface area contributed by atoms with Gasteiger partial charge in [-0.3, -0.25) is 0 Å². The maximum Gasteiger partial charge on any atom is 0.0897 e. The molecule has 2 aromatic rings. The fraction of sp³-hybridized carbons (Fsp3) is 0.455. The third-order valence-electron chi connectivity index (χ3n) is 2.19. The normalized spacial score (nSPS) is 10.9. The monoisotopic (exact) mass is 253 g/mol. The second-order valence-electron chi connectivity index (χ2n) is 3.63. The van der Waals surface area contributed by atoms with E-state index in [1.807, 2.05) is 20.0 Å². The van der Waals surface area contributed by atoms with Crippen LogP contribution in [0.25, 0.3) is 0 Å². The van der Waals surface area contributed by atoms with Crippen LogP contribution in [-0.4, -0.2) is 16.5 Å². The van der Waals surface area contributed by atoms with Gasteiger partial charge in [0.2, 0.25) is 0 Å². The summed E-state index contributed by atoms with van der Waals surface area (Å²) < 4.78 is 0. The van der Waals surface area contributed by atoms with Crippen molar-refractivity contribution in [1.82, 2.24) is 15.3 Å². The Bertz CT molecular complexity index is 405. The van der Waals surface area contributed by atoms with E-state index in [0.29, 0.717) is 0 Å². The number of hydrogen-bond donors (Lipinski definition) is 1. The molecule has 2 aromatic heterocycles. The van der Waals surface area contributed by atoms with E-state index in [-0.39, 0.29) is 0 Å². The van der Waals surface area contributed by atoms with Gasteiger partial charge in [0.1, 0.15) is 0 Å². The van der Waals surface area contributed by atoms with Gasteiger partial charge in [0.15, 0.2) is 0 Å². The molecule has 0 fully saturated rings. The lowest BCUT2D eigenvalue weighted by Gasteiger charge is -2.00. The lowest BCUT2D eigenvalue weighted by molar-refractivity contribution is 0.679. The Kier molecular flexibility index (Phi) is 4.04. The molecule has 0 radical (unpaired) electrons. The van der Waals surface area contributed by atoms with Crippen molar-refractivity contribution in [3.05, 3.63) is 32.2 Å². The average Bonchev–Trinajstić information content (AvgIpc) is 2.83. The molecule has 0 aromatic carbocycles. The number of aromatic nitrogens is 2. The minimum Gasteiger partial charge on any atom is -0.311 e. The maximum atomic E-state index is 4.41. The van der Waals surface area contributed by atoms with Gasteiger partial charge in [0, 0.05) is 29.5 Å². The molecule has 0 spiro atoms. The maximum absolute atomic E-state index is 4.41. The van der Waals surface area contributed by atoms with Crippen LogP contribution in [-0.2, 0) is 13.0 Å². The van der Waals surface area contributed by atoms with Gasteiger partial charge in [-0.25, -0.2) is 9.97 Å². The molecule has 2 heterocycles. The zero-order valence-corrected chi connectivity index (χ0v) is 11.1. The van der Waals surface area contributed by atoms with Crippen LogP contribution in [0.5, 0.6) is 0 Å². The molecule has 0 aliphatic rings. The first-order valence-corrected chi connectivity index (χ1v) is 6.96. The molecule has 0 amide bonds. The Morgan fingerprint density at radius 2 is 2.19 bits per heavy atom. The van der Waals surface area contributed by atoms with Gasteiger partial charge in [0.05, 0.1) is 15.7 Å². The molecule has 0 aliphatic heterocycles. The molecule has 0 saturated carbocycles. The molecular weight excluding hydrogens is 238 g/mol. The highest BCUT2D eigenvalue weighted by Crippen LogP contribution is 2.11. The van der Waals surface area contributed by atoms with Crippen molar-refractivity contribution in [2.75, 3.05) is 6.54 Å². The van der Waals surface area contributed by atoms with Crippen LogP contribution in [0.4, 0.5) is 0 Å². The van der Waals surface area contributed by atoms with Gasteiger partial charge < -0.3 is 5.32 Å². The zero-order chi connectivity index (χ0) is 11.4. The van der Waals surface area contributed by atoms with Crippen LogP contribution < -0.4 is 5.32 Å². The largest absolute Gasteiger partial charge is 0.311 e. The summed E-state index contributed by atoms with van der Waals surface area (Å²) in [6, 6.07) is 0. The number of nitrogens with zero attached hydrogens (tertiary/aromatic N) is 2. The van der Waals surface area contributed by atoms with E-state index in [4.69, 9.17) is 0 Å². The number of nitrogens with one attached hydrogen (secondary N) is 1. The smallest absolute Gasteiger partial charge is 0.0897 e. The molecule has 3 nitrogen and oxygen atoms in total. The number of thiazole rings is 2. The molecule has 0 bridgehead atoms. The number of hydrogen-bond acceptors (Lipinski definition) is 5. The van der Waals surface area contributed by atoms with Gasteiger partial charge in [0.25, 0.3) is 0 Å². The number of aryl methyl sites for hydroxylation is 2. The molecule has 0 atom stereocenters. The standard InChI is InChI=1S/C11H15N3S2/c1-8-13-6-11(16-8)3-4-12-5-10-7-15-9(2)14-10/h6-7,12H,3-5H2,1-2H3. The third kappa shape index (κ3) is 3.37. The third-order valence-corrected chi connectivity index (χ3v) is 3.98. The first-order chi connectivity index (χ1) is 7.74. The predicted molar refractivity (Wildman–Crippen MR) is 69.1 cm³/mol. The first kappa shape index (κ1) is 11.7. The van der Waals surface area contributed by atoms with E-state index in [9.17, 15) is 0 Å². The van der Waals surface area contributed by atoms with Gasteiger partial charge in [-0.2, -0.15) is 0 Å². The summed E-state index contributed by atoms with van der Waals surface area (Å²) in [6.07, 6.45) is 3.02. The Balaban J connectivity index is 1.69. The van der Waals surface area contributed by atoms with Crippen LogP contribution >= 0.6 is 22.7 Å². The van der Waals surface area contributed by atoms with Crippen molar-refractivity contribution in [1.29, 1.82) is 0 Å². The second-order valence-corrected chi connectivity index (χ2v) is 6.01. The summed E-state index contributed by atoms with van der Waals surface area (Å²) in [5, 5.41) is 7.78. The molecule has 2 rings (SSSR count). The highest BCUT2D eigenvalue weighted by atomic mass is 32.1. The van der Waals surface area contributed by atoms with Crippen LogP contribution in [0.15, 0.2) is 11.6 Å². The van der Waals surface area contributed by atoms with E-state index >= 15 is 0 Å². The average molecular weight is 253 g/mol. The highest BCUT2D eigenvalue weighted by Gasteiger charge is 1.99. The molecule has 16 heavy (non-hydrogen) atoms. The summed E-state index contributed by atoms with van der Waals surface area (Å²) in [5.41, 5.74) is 1.14. The van der Waals surface area contributed by atoms with Crippen molar-refractivity contribution in [3.63, 3.8) is 0 Å². The summed E-state index contributed by atoms with van der Waals surface area (Å²) in [5.74, 6) is 0. The lowest BCUT2D eigenvalue weighted by atomic mass is 10.3. The SMILES string of the molecule is Cc1nc(CNCCc2cnc(C)s2)cs1. The Morgan fingerprint density at radius 1 is 1.31 bits per heavy atom. The lowest BCUT2D eigenvalue weighted by Crippen LogP contribution is -2.16. The van der Waals surface area contributed by atoms with E-state index in [0.717, 1.165) is 35.2 Å². The molecule has 5 heteroatoms. The minimum absolute atomic E-state index is 0.863. The topological polar surface area (TPSA) is 37.8 Å². The molecule has 0 unspecified atom stereocenters. The molecule has 0 saturated heterocycles. The Morgan fingerprint density at radius 3 is 2.81 bits per heavy atom. The molecule has 1 N–H and O–H groups in total. The van der Waals surface area contributed by atoms with Gasteiger partial charge in [-0.1, -0.05) is 0 Å². The van der Waals surface area contributed by atoms with Crippen molar-refractivity contribution in [2.24, 2.45) is 0 Å². The molecule has 0 aliphatic carbocycles. The predicted octanol–water partition coefficient (Wildman–Crippen LogP) is 2.55. The molecule has 86 valence electrons. The molecular formula is C11H15N3S2. The van der Waals surface area contributed by atoms with Gasteiger partial charge >= 0.3 is 0 Å². The Labute approximate surface area is 104 Å². The minimum atomic E-state index is 0.863. The zero-order valence-electron chi connectivity index (χ0n) is 9.49. The fourth-order valence-electron chi connectivity index (χ4n) is 1.44. The highest BCUT2D eigenvalue weighted by molar-refractivity contribution is 7.11. The summed E-state index contributed by atoms with van der Waals surface area (Å²) >= 11 is 3.48. The van der Waals surface area contributed by atoms with Crippen molar-refractivity contribution in [3.8, 4) is 0 Å². The van der Waals surface area contributed by atoms with E-state index in [1.165, 1.54) is 4.88 Å². The van der Waals surface area contributed by atoms with Gasteiger partial charge in [-0.05, 0) is 20.3 Å². The van der Waals surface area contributed by atoms with Crippen molar-refractivity contribution >= 4 is 22.7 Å². The van der Waals surface area contributed by atoms with Crippen molar-refractivity contribution < 1.29 is 0 Å². The fourth-order valence-corrected chi connectivity index (χ4v) is 2.85. The van der Waals surface area contributed by atoms with E-state index in [2.05, 4.69) is 20.7 Å². The summed E-state index contributed by atoms with van der Waals surface area (Å²) in [4.78, 5) is 9.99. The summed E-state index contributed by atoms with van der Waals surface area (Å²) in [7, 11) is 0. The first-order valence-electron chi connectivity index (χ1n) is 5.27. The van der Waals surface area contributed by atoms with Crippen LogP contribution in [0.3, 0.4) is 0 Å². The summed E-state index contributed by atoms with van der Waals surface area (Å²) in [6.45, 7) is 5.92. The van der Waals surface area contributed by atoms with Crippen LogP contribution in [0.1, 0.15) is 20.6 Å². The van der Waals surface area contributed by atoms with Crippen molar-refractivity contribution in [2.45, 2.75) is 26.8 Å².